The van der Waals surface area contributed by atoms with E-state index in [1.54, 1.807) is 28.4 Å². The van der Waals surface area contributed by atoms with Gasteiger partial charge in [0.2, 0.25) is 0 Å². The molecule has 2 aliphatic rings. The third-order valence-corrected chi connectivity index (χ3v) is 6.85. The van der Waals surface area contributed by atoms with Crippen LogP contribution in [-0.2, 0) is 22.6 Å². The summed E-state index contributed by atoms with van der Waals surface area (Å²) < 4.78 is 22.5. The maximum Gasteiger partial charge on any atom is 0.163 e. The quantitative estimate of drug-likeness (QED) is 0.567. The number of rotatable bonds is 9. The predicted molar refractivity (Wildman–Crippen MR) is 135 cm³/mol. The molecule has 1 atom stereocenters. The fraction of sp³-hybridized carbons (Fsp3) is 0.429. The fourth-order valence-electron chi connectivity index (χ4n) is 5.17. The second kappa shape index (κ2) is 11.6. The molecular weight excluding hydrogens is 444 g/mol. The van der Waals surface area contributed by atoms with Gasteiger partial charge in [-0.1, -0.05) is 36.4 Å². The highest BCUT2D eigenvalue weighted by atomic mass is 16.5. The number of ether oxygens (including phenoxy) is 4. The Hall–Kier alpha value is -3.00. The Balaban J connectivity index is 1.73. The zero-order valence-electron chi connectivity index (χ0n) is 21.1. The maximum absolute atomic E-state index is 10.6. The van der Waals surface area contributed by atoms with Crippen LogP contribution in [0.4, 0.5) is 0 Å². The van der Waals surface area contributed by atoms with E-state index in [1.807, 2.05) is 42.5 Å². The molecule has 7 heteroatoms. The molecule has 0 spiro atoms. The molecule has 0 radical (unpaired) electrons. The molecule has 1 saturated heterocycles. The SMILES string of the molecule is COC1=C(O)C(OC)CC(C2N(Cc3ccccc3OC)CCCN2Cc2ccccc2OC)=C1. The summed E-state index contributed by atoms with van der Waals surface area (Å²) in [5, 5.41) is 10.6. The van der Waals surface area contributed by atoms with Crippen molar-refractivity contribution < 1.29 is 24.1 Å². The van der Waals surface area contributed by atoms with Gasteiger partial charge in [0, 0.05) is 50.8 Å². The fourth-order valence-corrected chi connectivity index (χ4v) is 5.17. The minimum atomic E-state index is -0.437. The third-order valence-electron chi connectivity index (χ3n) is 6.85. The molecule has 2 aromatic carbocycles. The van der Waals surface area contributed by atoms with E-state index in [0.717, 1.165) is 60.8 Å². The minimum absolute atomic E-state index is 0.00512. The number of para-hydroxylation sites is 2. The predicted octanol–water partition coefficient (Wildman–Crippen LogP) is 4.50. The van der Waals surface area contributed by atoms with E-state index in [2.05, 4.69) is 21.9 Å². The first kappa shape index (κ1) is 25.1. The highest BCUT2D eigenvalue weighted by Gasteiger charge is 2.37. The summed E-state index contributed by atoms with van der Waals surface area (Å²) in [7, 11) is 6.63. The normalized spacial score (nSPS) is 20.0. The van der Waals surface area contributed by atoms with Gasteiger partial charge in [0.1, 0.15) is 17.6 Å². The van der Waals surface area contributed by atoms with E-state index in [9.17, 15) is 5.11 Å². The van der Waals surface area contributed by atoms with Crippen LogP contribution in [0.1, 0.15) is 24.0 Å². The molecule has 0 bridgehead atoms. The standard InChI is InChI=1S/C28H36N2O5/c1-32-23-12-7-5-10-20(23)18-29-14-9-15-30(19-21-11-6-8-13-24(21)33-2)28(29)22-16-25(34-3)27(31)26(17-22)35-4/h5-8,10-13,16,26,28,31H,9,14-15,17-19H2,1-4H3. The average Bonchev–Trinajstić information content (AvgIpc) is 2.90. The monoisotopic (exact) mass is 480 g/mol. The molecule has 7 nitrogen and oxygen atoms in total. The first-order chi connectivity index (χ1) is 17.1. The number of hydrogen-bond donors (Lipinski definition) is 1. The number of hydrogen-bond acceptors (Lipinski definition) is 7. The lowest BCUT2D eigenvalue weighted by atomic mass is 9.93. The summed E-state index contributed by atoms with van der Waals surface area (Å²) in [5.74, 6) is 2.37. The number of allylic oxidation sites excluding steroid dienone is 1. The van der Waals surface area contributed by atoms with Crippen molar-refractivity contribution in [3.05, 3.63) is 82.8 Å². The highest BCUT2D eigenvalue weighted by Crippen LogP contribution is 2.35. The van der Waals surface area contributed by atoms with Crippen LogP contribution in [0.15, 0.2) is 71.7 Å². The zero-order valence-corrected chi connectivity index (χ0v) is 21.1. The highest BCUT2D eigenvalue weighted by molar-refractivity contribution is 5.37. The Labute approximate surface area is 208 Å². The van der Waals surface area contributed by atoms with Gasteiger partial charge < -0.3 is 24.1 Å². The third kappa shape index (κ3) is 5.48. The molecule has 1 fully saturated rings. The van der Waals surface area contributed by atoms with Crippen molar-refractivity contribution in [1.82, 2.24) is 9.80 Å². The van der Waals surface area contributed by atoms with Gasteiger partial charge in [-0.25, -0.2) is 0 Å². The number of benzene rings is 2. The molecule has 1 heterocycles. The number of aliphatic hydroxyl groups is 1. The zero-order chi connectivity index (χ0) is 24.8. The van der Waals surface area contributed by atoms with Crippen LogP contribution >= 0.6 is 0 Å². The first-order valence-corrected chi connectivity index (χ1v) is 12.0. The van der Waals surface area contributed by atoms with E-state index >= 15 is 0 Å². The molecule has 4 rings (SSSR count). The molecule has 0 saturated carbocycles. The van der Waals surface area contributed by atoms with Gasteiger partial charge in [0.15, 0.2) is 11.5 Å². The van der Waals surface area contributed by atoms with Gasteiger partial charge in [0.05, 0.1) is 27.5 Å². The molecular formula is C28H36N2O5. The Bertz CT molecular complexity index is 1010. The summed E-state index contributed by atoms with van der Waals surface area (Å²) >= 11 is 0. The van der Waals surface area contributed by atoms with Crippen molar-refractivity contribution in [2.45, 2.75) is 38.2 Å². The molecule has 1 N–H and O–H groups in total. The second-order valence-corrected chi connectivity index (χ2v) is 8.89. The number of nitrogens with zero attached hydrogens (tertiary/aromatic N) is 2. The second-order valence-electron chi connectivity index (χ2n) is 8.89. The van der Waals surface area contributed by atoms with Crippen LogP contribution in [0.3, 0.4) is 0 Å². The van der Waals surface area contributed by atoms with Gasteiger partial charge in [-0.15, -0.1) is 0 Å². The van der Waals surface area contributed by atoms with Crippen LogP contribution in [-0.4, -0.2) is 68.7 Å². The van der Waals surface area contributed by atoms with Crippen molar-refractivity contribution >= 4 is 0 Å². The molecule has 1 aliphatic heterocycles. The van der Waals surface area contributed by atoms with Crippen LogP contribution in [0, 0.1) is 0 Å². The molecule has 0 aromatic heterocycles. The van der Waals surface area contributed by atoms with E-state index < -0.39 is 6.10 Å². The number of methoxy groups -OCH3 is 4. The Kier molecular flexibility index (Phi) is 8.33. The van der Waals surface area contributed by atoms with Crippen LogP contribution in [0.2, 0.25) is 0 Å². The molecule has 2 aromatic rings. The van der Waals surface area contributed by atoms with E-state index in [0.29, 0.717) is 12.2 Å². The van der Waals surface area contributed by atoms with E-state index in [4.69, 9.17) is 18.9 Å². The van der Waals surface area contributed by atoms with Crippen molar-refractivity contribution in [2.24, 2.45) is 0 Å². The van der Waals surface area contributed by atoms with E-state index in [1.165, 1.54) is 0 Å². The first-order valence-electron chi connectivity index (χ1n) is 12.0. The smallest absolute Gasteiger partial charge is 0.163 e. The molecule has 1 unspecified atom stereocenters. The van der Waals surface area contributed by atoms with Crippen molar-refractivity contribution in [1.29, 1.82) is 0 Å². The van der Waals surface area contributed by atoms with Crippen LogP contribution in [0.5, 0.6) is 11.5 Å². The summed E-state index contributed by atoms with van der Waals surface area (Å²) in [4.78, 5) is 4.95. The largest absolute Gasteiger partial charge is 0.506 e. The summed E-state index contributed by atoms with van der Waals surface area (Å²) in [5.41, 5.74) is 3.43. The van der Waals surface area contributed by atoms with Gasteiger partial charge in [-0.05, 0) is 30.2 Å². The molecule has 1 aliphatic carbocycles. The summed E-state index contributed by atoms with van der Waals surface area (Å²) in [6.07, 6.45) is 3.17. The van der Waals surface area contributed by atoms with Gasteiger partial charge in [0.25, 0.3) is 0 Å². The van der Waals surface area contributed by atoms with E-state index in [-0.39, 0.29) is 11.9 Å². The lowest BCUT2D eigenvalue weighted by Crippen LogP contribution is -2.54. The van der Waals surface area contributed by atoms with Crippen molar-refractivity contribution in [3.63, 3.8) is 0 Å². The average molecular weight is 481 g/mol. The maximum atomic E-state index is 10.6. The number of aliphatic hydroxyl groups excluding tert-OH is 1. The molecule has 35 heavy (non-hydrogen) atoms. The Morgan fingerprint density at radius 2 is 1.34 bits per heavy atom. The minimum Gasteiger partial charge on any atom is -0.506 e. The Morgan fingerprint density at radius 1 is 0.800 bits per heavy atom. The Morgan fingerprint density at radius 3 is 1.83 bits per heavy atom. The van der Waals surface area contributed by atoms with Crippen LogP contribution in [0.25, 0.3) is 0 Å². The molecule has 0 amide bonds. The summed E-state index contributed by atoms with van der Waals surface area (Å²) in [6, 6.07) is 16.3. The van der Waals surface area contributed by atoms with Crippen LogP contribution < -0.4 is 9.47 Å². The van der Waals surface area contributed by atoms with Crippen molar-refractivity contribution in [2.75, 3.05) is 41.5 Å². The van der Waals surface area contributed by atoms with Crippen molar-refractivity contribution in [3.8, 4) is 11.5 Å². The lowest BCUT2D eigenvalue weighted by molar-refractivity contribution is 0.00426. The van der Waals surface area contributed by atoms with Gasteiger partial charge in [-0.3, -0.25) is 9.80 Å². The topological polar surface area (TPSA) is 63.6 Å². The molecule has 188 valence electrons. The lowest BCUT2D eigenvalue weighted by Gasteiger charge is -2.46. The van der Waals surface area contributed by atoms with Gasteiger partial charge >= 0.3 is 0 Å². The summed E-state index contributed by atoms with van der Waals surface area (Å²) in [6.45, 7) is 3.37. The van der Waals surface area contributed by atoms with Gasteiger partial charge in [-0.2, -0.15) is 0 Å².